The van der Waals surface area contributed by atoms with Crippen molar-refractivity contribution < 1.29 is 50.4 Å². The molecular weight excluding hydrogens is 813 g/mol. The Morgan fingerprint density at radius 2 is 0.914 bits per heavy atom. The number of rotatable bonds is 43. The van der Waals surface area contributed by atoms with Gasteiger partial charge in [-0.25, -0.2) is 0 Å². The highest BCUT2D eigenvalue weighted by molar-refractivity contribution is 7.99. The summed E-state index contributed by atoms with van der Waals surface area (Å²) in [5, 5.41) is 9.30. The van der Waals surface area contributed by atoms with E-state index in [9.17, 15) is 19.5 Å². The van der Waals surface area contributed by atoms with Crippen molar-refractivity contribution in [3.8, 4) is 0 Å². The molecule has 1 amide bonds. The van der Waals surface area contributed by atoms with Crippen LogP contribution in [0.5, 0.6) is 0 Å². The van der Waals surface area contributed by atoms with Crippen LogP contribution in [-0.2, 0) is 23.9 Å². The van der Waals surface area contributed by atoms with Gasteiger partial charge in [0.1, 0.15) is 19.8 Å². The molecule has 58 heavy (non-hydrogen) atoms. The molecule has 0 aromatic heterocycles. The third-order valence-electron chi connectivity index (χ3n) is 10.7. The van der Waals surface area contributed by atoms with Crippen molar-refractivity contribution in [2.75, 3.05) is 71.6 Å². The van der Waals surface area contributed by atoms with Gasteiger partial charge in [-0.1, -0.05) is 141 Å². The van der Waals surface area contributed by atoms with Crippen LogP contribution < -0.4 is 17.0 Å². The van der Waals surface area contributed by atoms with E-state index >= 15 is 0 Å². The predicted molar refractivity (Wildman–Crippen MR) is 244 cm³/mol. The maximum Gasteiger partial charge on any atom is 0.305 e. The standard InChI is InChI=1S/C48H91N2O6S.BrH/c1-5-7-9-11-13-15-17-19-21-23-25-27-29-31-33-35-47(53)55-42-37-49(46(52)45-57-44-40-50(3,4)39-41-51)38-43-56-48(54)36-34-32-30-28-26-24-22-20-18-16-14-12-10-8-6-2;/h19-22,51H,5-18,23-45H2,1-4H3;1H/q+1;/p-1/b21-19-,22-20-;. The quantitative estimate of drug-likeness (QED) is 0.0283. The molecule has 0 rings (SSSR count). The normalized spacial score (nSPS) is 11.7. The van der Waals surface area contributed by atoms with Crippen LogP contribution >= 0.6 is 11.8 Å². The Hall–Kier alpha value is -1.36. The Labute approximate surface area is 372 Å². The molecule has 0 spiro atoms. The van der Waals surface area contributed by atoms with E-state index in [4.69, 9.17) is 9.47 Å². The first-order chi connectivity index (χ1) is 27.8. The van der Waals surface area contributed by atoms with E-state index in [1.165, 1.54) is 116 Å². The summed E-state index contributed by atoms with van der Waals surface area (Å²) in [6.45, 7) is 7.03. The monoisotopic (exact) mass is 903 g/mol. The van der Waals surface area contributed by atoms with E-state index in [-0.39, 0.29) is 67.7 Å². The molecule has 0 aliphatic carbocycles. The molecule has 0 saturated heterocycles. The summed E-state index contributed by atoms with van der Waals surface area (Å²) in [5.74, 6) is 0.622. The smallest absolute Gasteiger partial charge is 0.305 e. The minimum absolute atomic E-state index is 0. The molecule has 0 unspecified atom stereocenters. The van der Waals surface area contributed by atoms with E-state index < -0.39 is 0 Å². The minimum Gasteiger partial charge on any atom is -1.00 e. The second-order valence-electron chi connectivity index (χ2n) is 16.6. The fourth-order valence-corrected chi connectivity index (χ4v) is 7.79. The molecule has 0 aromatic rings. The fraction of sp³-hybridized carbons (Fsp3) is 0.854. The first kappa shape index (κ1) is 58.7. The van der Waals surface area contributed by atoms with Gasteiger partial charge in [0, 0.05) is 18.6 Å². The molecule has 342 valence electrons. The third kappa shape index (κ3) is 42.8. The number of aliphatic hydroxyl groups is 1. The SMILES string of the molecule is CCCCCCCC/C=C\CCCCCCCC(=O)OCCN(CCOC(=O)CCCCCCC/C=C\CCCCCCCC)C(=O)CSCC[N+](C)(C)CCO.[Br-]. The number of carbonyl (C=O) groups is 3. The van der Waals surface area contributed by atoms with Crippen LogP contribution in [0.4, 0.5) is 0 Å². The van der Waals surface area contributed by atoms with Gasteiger partial charge in [0.2, 0.25) is 5.91 Å². The molecule has 0 fully saturated rings. The third-order valence-corrected chi connectivity index (χ3v) is 11.6. The van der Waals surface area contributed by atoms with E-state index in [2.05, 4.69) is 52.2 Å². The molecule has 0 radical (unpaired) electrons. The number of ether oxygens (including phenoxy) is 2. The number of aliphatic hydroxyl groups excluding tert-OH is 1. The van der Waals surface area contributed by atoms with Crippen LogP contribution in [0.15, 0.2) is 24.3 Å². The number of quaternary nitrogens is 1. The van der Waals surface area contributed by atoms with Crippen molar-refractivity contribution >= 4 is 29.6 Å². The zero-order valence-corrected chi connectivity index (χ0v) is 40.5. The van der Waals surface area contributed by atoms with E-state index in [0.29, 0.717) is 29.6 Å². The summed E-state index contributed by atoms with van der Waals surface area (Å²) in [4.78, 5) is 39.7. The number of thioether (sulfide) groups is 1. The lowest BCUT2D eigenvalue weighted by Gasteiger charge is -2.28. The van der Waals surface area contributed by atoms with Crippen molar-refractivity contribution in [3.63, 3.8) is 0 Å². The number of nitrogens with zero attached hydrogens (tertiary/aromatic N) is 2. The highest BCUT2D eigenvalue weighted by Crippen LogP contribution is 2.13. The molecule has 0 aliphatic heterocycles. The second kappa shape index (κ2) is 45.2. The minimum atomic E-state index is -0.218. The van der Waals surface area contributed by atoms with Crippen molar-refractivity contribution in [3.05, 3.63) is 24.3 Å². The van der Waals surface area contributed by atoms with E-state index in [0.717, 1.165) is 63.7 Å². The van der Waals surface area contributed by atoms with Gasteiger partial charge < -0.3 is 40.9 Å². The van der Waals surface area contributed by atoms with Gasteiger partial charge in [-0.2, -0.15) is 0 Å². The predicted octanol–water partition coefficient (Wildman–Crippen LogP) is 8.78. The van der Waals surface area contributed by atoms with Crippen LogP contribution in [0.3, 0.4) is 0 Å². The Morgan fingerprint density at radius 3 is 1.29 bits per heavy atom. The van der Waals surface area contributed by atoms with Gasteiger partial charge in [-0.05, 0) is 64.2 Å². The molecule has 0 bridgehead atoms. The number of esters is 2. The van der Waals surface area contributed by atoms with Crippen LogP contribution in [0, 0.1) is 0 Å². The molecule has 0 saturated carbocycles. The van der Waals surface area contributed by atoms with Gasteiger partial charge in [-0.15, -0.1) is 11.8 Å². The maximum atomic E-state index is 13.2. The lowest BCUT2D eigenvalue weighted by Crippen LogP contribution is -3.00. The van der Waals surface area contributed by atoms with Crippen molar-refractivity contribution in [1.29, 1.82) is 0 Å². The van der Waals surface area contributed by atoms with Gasteiger partial charge >= 0.3 is 11.9 Å². The van der Waals surface area contributed by atoms with Crippen LogP contribution in [0.2, 0.25) is 0 Å². The highest BCUT2D eigenvalue weighted by atomic mass is 79.9. The average Bonchev–Trinajstić information content (AvgIpc) is 3.18. The second-order valence-corrected chi connectivity index (χ2v) is 17.8. The number of allylic oxidation sites excluding steroid dienone is 4. The zero-order valence-electron chi connectivity index (χ0n) is 38.1. The largest absolute Gasteiger partial charge is 1.00 e. The van der Waals surface area contributed by atoms with E-state index in [1.54, 1.807) is 16.7 Å². The molecule has 0 atom stereocenters. The highest BCUT2D eigenvalue weighted by Gasteiger charge is 2.18. The van der Waals surface area contributed by atoms with Gasteiger partial charge in [0.15, 0.2) is 0 Å². The zero-order chi connectivity index (χ0) is 41.9. The van der Waals surface area contributed by atoms with Crippen LogP contribution in [0.25, 0.3) is 0 Å². The summed E-state index contributed by atoms with van der Waals surface area (Å²) in [6.07, 6.45) is 41.7. The average molecular weight is 904 g/mol. The lowest BCUT2D eigenvalue weighted by atomic mass is 10.1. The number of unbranched alkanes of at least 4 members (excludes halogenated alkanes) is 22. The number of amides is 1. The lowest BCUT2D eigenvalue weighted by molar-refractivity contribution is -0.888. The molecule has 10 heteroatoms. The molecule has 0 aromatic carbocycles. The Morgan fingerprint density at radius 1 is 0.552 bits per heavy atom. The summed E-state index contributed by atoms with van der Waals surface area (Å²) in [5.41, 5.74) is 0. The van der Waals surface area contributed by atoms with Crippen LogP contribution in [-0.4, -0.2) is 104 Å². The van der Waals surface area contributed by atoms with Gasteiger partial charge in [-0.3, -0.25) is 14.4 Å². The molecule has 0 heterocycles. The van der Waals surface area contributed by atoms with Crippen molar-refractivity contribution in [2.45, 2.75) is 194 Å². The number of hydrogen-bond acceptors (Lipinski definition) is 7. The van der Waals surface area contributed by atoms with E-state index in [1.807, 2.05) is 0 Å². The summed E-state index contributed by atoms with van der Waals surface area (Å²) >= 11 is 1.57. The Balaban J connectivity index is 0. The maximum absolute atomic E-state index is 13.2. The molecule has 1 N–H and O–H groups in total. The van der Waals surface area contributed by atoms with Gasteiger partial charge in [0.05, 0.1) is 46.1 Å². The number of halogens is 1. The first-order valence-electron chi connectivity index (χ1n) is 23.6. The summed E-state index contributed by atoms with van der Waals surface area (Å²) in [7, 11) is 4.14. The van der Waals surface area contributed by atoms with Gasteiger partial charge in [0.25, 0.3) is 0 Å². The number of hydrogen-bond donors (Lipinski definition) is 1. The summed E-state index contributed by atoms with van der Waals surface area (Å²) < 4.78 is 11.7. The first-order valence-corrected chi connectivity index (χ1v) is 24.8. The number of carbonyl (C=O) groups excluding carboxylic acids is 3. The number of likely N-dealkylation sites (N-methyl/N-ethyl adjacent to an activating group) is 1. The topological polar surface area (TPSA) is 93.1 Å². The van der Waals surface area contributed by atoms with Crippen LogP contribution in [0.1, 0.15) is 194 Å². The Kier molecular flexibility index (Phi) is 45.7. The summed E-state index contributed by atoms with van der Waals surface area (Å²) in [6, 6.07) is 0. The fourth-order valence-electron chi connectivity index (χ4n) is 6.67. The molecule has 8 nitrogen and oxygen atoms in total. The van der Waals surface area contributed by atoms with Crippen molar-refractivity contribution in [1.82, 2.24) is 4.90 Å². The molecule has 0 aliphatic rings. The van der Waals surface area contributed by atoms with Crippen molar-refractivity contribution in [2.24, 2.45) is 0 Å². The molecular formula is C48H91BrN2O6S. The Bertz CT molecular complexity index is 937.